The van der Waals surface area contributed by atoms with Crippen LogP contribution in [0.15, 0.2) is 35.1 Å². The summed E-state index contributed by atoms with van der Waals surface area (Å²) in [5, 5.41) is 2.64. The summed E-state index contributed by atoms with van der Waals surface area (Å²) < 4.78 is 13.1. The molecule has 0 spiro atoms. The second-order valence-corrected chi connectivity index (χ2v) is 5.82. The smallest absolute Gasteiger partial charge is 0.261 e. The number of aryl methyl sites for hydroxylation is 1. The fourth-order valence-corrected chi connectivity index (χ4v) is 2.85. The van der Waals surface area contributed by atoms with E-state index in [-0.39, 0.29) is 23.7 Å². The maximum absolute atomic E-state index is 13.1. The zero-order chi connectivity index (χ0) is 17.1. The van der Waals surface area contributed by atoms with Gasteiger partial charge >= 0.3 is 0 Å². The molecule has 0 radical (unpaired) electrons. The van der Waals surface area contributed by atoms with Gasteiger partial charge in [0, 0.05) is 24.2 Å². The predicted molar refractivity (Wildman–Crippen MR) is 86.8 cm³/mol. The second kappa shape index (κ2) is 6.78. The largest absolute Gasteiger partial charge is 0.352 e. The monoisotopic (exact) mass is 328 g/mol. The first-order valence-electron chi connectivity index (χ1n) is 7.86. The number of ketones is 1. The molecule has 0 saturated heterocycles. The molecule has 0 atom stereocenters. The fraction of sp³-hybridized carbons (Fsp3) is 0.278. The Kier molecular flexibility index (Phi) is 4.55. The van der Waals surface area contributed by atoms with Gasteiger partial charge in [0.05, 0.1) is 0 Å². The van der Waals surface area contributed by atoms with E-state index in [2.05, 4.69) is 10.3 Å². The summed E-state index contributed by atoms with van der Waals surface area (Å²) in [7, 11) is 0. The highest BCUT2D eigenvalue weighted by Gasteiger charge is 2.21. The van der Waals surface area contributed by atoms with Gasteiger partial charge < -0.3 is 10.3 Å². The van der Waals surface area contributed by atoms with E-state index in [4.69, 9.17) is 0 Å². The number of fused-ring (bicyclic) bond motifs is 1. The van der Waals surface area contributed by atoms with Gasteiger partial charge in [0.15, 0.2) is 5.78 Å². The summed E-state index contributed by atoms with van der Waals surface area (Å²) in [5.41, 5.74) is 1.23. The Morgan fingerprint density at radius 3 is 2.83 bits per heavy atom. The van der Waals surface area contributed by atoms with Crippen LogP contribution in [0.3, 0.4) is 0 Å². The van der Waals surface area contributed by atoms with Crippen LogP contribution in [-0.2, 0) is 12.8 Å². The first-order chi connectivity index (χ1) is 11.5. The quantitative estimate of drug-likeness (QED) is 0.901. The highest BCUT2D eigenvalue weighted by molar-refractivity contribution is 6.01. The van der Waals surface area contributed by atoms with Gasteiger partial charge in [0.1, 0.15) is 11.4 Å². The van der Waals surface area contributed by atoms with Crippen molar-refractivity contribution < 1.29 is 14.0 Å². The number of benzene rings is 1. The van der Waals surface area contributed by atoms with Crippen molar-refractivity contribution in [2.24, 2.45) is 0 Å². The fourth-order valence-electron chi connectivity index (χ4n) is 2.85. The summed E-state index contributed by atoms with van der Waals surface area (Å²) in [6.07, 6.45) is 2.23. The van der Waals surface area contributed by atoms with Crippen molar-refractivity contribution in [3.63, 3.8) is 0 Å². The SMILES string of the molecule is O=C1CCCc2[nH]c(=O)c(C(=O)NCCc3cccc(F)c3)cc21. The van der Waals surface area contributed by atoms with Gasteiger partial charge in [0.2, 0.25) is 0 Å². The first kappa shape index (κ1) is 16.1. The summed E-state index contributed by atoms with van der Waals surface area (Å²) in [4.78, 5) is 38.8. The highest BCUT2D eigenvalue weighted by atomic mass is 19.1. The van der Waals surface area contributed by atoms with E-state index in [0.29, 0.717) is 36.9 Å². The molecule has 1 aromatic heterocycles. The standard InChI is InChI=1S/C18H17FN2O3/c19-12-4-1-3-11(9-12)7-8-20-17(23)14-10-13-15(21-18(14)24)5-2-6-16(13)22/h1,3-4,9-10H,2,5-8H2,(H,20,23)(H,21,24). The van der Waals surface area contributed by atoms with Crippen LogP contribution in [0.4, 0.5) is 4.39 Å². The molecule has 5 nitrogen and oxygen atoms in total. The Bertz CT molecular complexity index is 858. The normalized spacial score (nSPS) is 13.5. The number of aromatic amines is 1. The average molecular weight is 328 g/mol. The molecule has 0 unspecified atom stereocenters. The molecule has 3 rings (SSSR count). The van der Waals surface area contributed by atoms with Gasteiger partial charge in [-0.3, -0.25) is 14.4 Å². The van der Waals surface area contributed by atoms with Crippen LogP contribution >= 0.6 is 0 Å². The number of carbonyl (C=O) groups is 2. The van der Waals surface area contributed by atoms with E-state index in [1.807, 2.05) is 0 Å². The molecule has 0 saturated carbocycles. The molecular weight excluding hydrogens is 311 g/mol. The topological polar surface area (TPSA) is 79.0 Å². The molecule has 0 fully saturated rings. The predicted octanol–water partition coefficient (Wildman–Crippen LogP) is 2.01. The zero-order valence-electron chi connectivity index (χ0n) is 13.0. The first-order valence-corrected chi connectivity index (χ1v) is 7.86. The van der Waals surface area contributed by atoms with Gasteiger partial charge in [-0.05, 0) is 43.0 Å². The lowest BCUT2D eigenvalue weighted by molar-refractivity contribution is 0.0952. The van der Waals surface area contributed by atoms with Crippen LogP contribution < -0.4 is 10.9 Å². The lowest BCUT2D eigenvalue weighted by Crippen LogP contribution is -2.32. The van der Waals surface area contributed by atoms with Gasteiger partial charge in [-0.25, -0.2) is 4.39 Å². The third-order valence-corrected chi connectivity index (χ3v) is 4.09. The Hall–Kier alpha value is -2.76. The number of carbonyl (C=O) groups excluding carboxylic acids is 2. The summed E-state index contributed by atoms with van der Waals surface area (Å²) in [6, 6.07) is 7.50. The minimum Gasteiger partial charge on any atom is -0.352 e. The lowest BCUT2D eigenvalue weighted by atomic mass is 9.93. The van der Waals surface area contributed by atoms with E-state index in [1.165, 1.54) is 18.2 Å². The molecule has 2 N–H and O–H groups in total. The molecular formula is C18H17FN2O3. The van der Waals surface area contributed by atoms with E-state index in [1.54, 1.807) is 12.1 Å². The molecule has 0 aliphatic heterocycles. The molecule has 0 bridgehead atoms. The number of Topliss-reactive ketones (excluding diaryl/α,β-unsaturated/α-hetero) is 1. The maximum Gasteiger partial charge on any atom is 0.261 e. The number of nitrogens with one attached hydrogen (secondary N) is 2. The van der Waals surface area contributed by atoms with Crippen molar-refractivity contribution in [1.29, 1.82) is 0 Å². The number of aromatic nitrogens is 1. The molecule has 1 aliphatic rings. The van der Waals surface area contributed by atoms with Crippen molar-refractivity contribution in [1.82, 2.24) is 10.3 Å². The summed E-state index contributed by atoms with van der Waals surface area (Å²) in [6.45, 7) is 0.271. The van der Waals surface area contributed by atoms with Gasteiger partial charge in [-0.15, -0.1) is 0 Å². The van der Waals surface area contributed by atoms with Crippen molar-refractivity contribution in [2.75, 3.05) is 6.54 Å². The lowest BCUT2D eigenvalue weighted by Gasteiger charge is -2.15. The summed E-state index contributed by atoms with van der Waals surface area (Å²) in [5.74, 6) is -0.918. The number of amides is 1. The highest BCUT2D eigenvalue weighted by Crippen LogP contribution is 2.18. The molecule has 6 heteroatoms. The zero-order valence-corrected chi connectivity index (χ0v) is 13.0. The third kappa shape index (κ3) is 3.42. The Labute approximate surface area is 137 Å². The third-order valence-electron chi connectivity index (χ3n) is 4.09. The van der Waals surface area contributed by atoms with E-state index >= 15 is 0 Å². The maximum atomic E-state index is 13.1. The average Bonchev–Trinajstić information content (AvgIpc) is 2.54. The van der Waals surface area contributed by atoms with Crippen molar-refractivity contribution >= 4 is 11.7 Å². The van der Waals surface area contributed by atoms with Crippen molar-refractivity contribution in [2.45, 2.75) is 25.7 Å². The molecule has 1 heterocycles. The molecule has 124 valence electrons. The van der Waals surface area contributed by atoms with Crippen LogP contribution in [0.5, 0.6) is 0 Å². The van der Waals surface area contributed by atoms with E-state index in [0.717, 1.165) is 5.56 Å². The van der Waals surface area contributed by atoms with Crippen LogP contribution in [0.2, 0.25) is 0 Å². The molecule has 2 aromatic rings. The van der Waals surface area contributed by atoms with Crippen molar-refractivity contribution in [3.8, 4) is 0 Å². The minimum absolute atomic E-state index is 0.0543. The van der Waals surface area contributed by atoms with Crippen LogP contribution in [-0.4, -0.2) is 23.2 Å². The molecule has 1 amide bonds. The van der Waals surface area contributed by atoms with Crippen LogP contribution in [0.25, 0.3) is 0 Å². The number of pyridine rings is 1. The Morgan fingerprint density at radius 2 is 2.04 bits per heavy atom. The Balaban J connectivity index is 1.70. The molecule has 24 heavy (non-hydrogen) atoms. The number of rotatable bonds is 4. The van der Waals surface area contributed by atoms with E-state index in [9.17, 15) is 18.8 Å². The minimum atomic E-state index is -0.533. The van der Waals surface area contributed by atoms with Gasteiger partial charge in [-0.1, -0.05) is 12.1 Å². The second-order valence-electron chi connectivity index (χ2n) is 5.82. The van der Waals surface area contributed by atoms with Gasteiger partial charge in [-0.2, -0.15) is 0 Å². The summed E-state index contributed by atoms with van der Waals surface area (Å²) >= 11 is 0. The van der Waals surface area contributed by atoms with Gasteiger partial charge in [0.25, 0.3) is 11.5 Å². The number of halogens is 1. The number of hydrogen-bond acceptors (Lipinski definition) is 3. The van der Waals surface area contributed by atoms with Crippen molar-refractivity contribution in [3.05, 3.63) is 68.9 Å². The molecule has 1 aromatic carbocycles. The number of hydrogen-bond donors (Lipinski definition) is 2. The molecule has 1 aliphatic carbocycles. The van der Waals surface area contributed by atoms with Crippen LogP contribution in [0, 0.1) is 5.82 Å². The van der Waals surface area contributed by atoms with E-state index < -0.39 is 11.5 Å². The van der Waals surface area contributed by atoms with Crippen LogP contribution in [0.1, 0.15) is 44.8 Å². The Morgan fingerprint density at radius 1 is 1.21 bits per heavy atom. The number of H-pyrrole nitrogens is 1.